The molecule has 0 aliphatic rings. The minimum Gasteiger partial charge on any atom is -0.495 e. The highest BCUT2D eigenvalue weighted by Crippen LogP contribution is 2.36. The third-order valence-electron chi connectivity index (χ3n) is 2.10. The molecule has 86 valence electrons. The van der Waals surface area contributed by atoms with Crippen LogP contribution in [0.1, 0.15) is 11.1 Å². The number of hydrogen-bond acceptors (Lipinski definition) is 2. The van der Waals surface area contributed by atoms with Crippen molar-refractivity contribution < 1.29 is 4.74 Å². The standard InChI is InChI=1S/C10H13BrClNO.ClH/c1-6-8(12)5-7(3-4-13)10(14-2)9(6)11;/h5H,3-4,13H2,1-2H3;1H. The highest BCUT2D eigenvalue weighted by molar-refractivity contribution is 9.10. The number of nitrogens with two attached hydrogens (primary N) is 1. The van der Waals surface area contributed by atoms with E-state index in [2.05, 4.69) is 15.9 Å². The fourth-order valence-corrected chi connectivity index (χ4v) is 2.28. The van der Waals surface area contributed by atoms with Crippen LogP contribution in [0.5, 0.6) is 5.75 Å². The Bertz CT molecular complexity index is 345. The summed E-state index contributed by atoms with van der Waals surface area (Å²) < 4.78 is 6.22. The van der Waals surface area contributed by atoms with Crippen LogP contribution >= 0.6 is 39.9 Å². The smallest absolute Gasteiger partial charge is 0.136 e. The normalized spacial score (nSPS) is 9.67. The van der Waals surface area contributed by atoms with Gasteiger partial charge in [0.05, 0.1) is 11.6 Å². The Morgan fingerprint density at radius 3 is 2.60 bits per heavy atom. The number of benzene rings is 1. The predicted octanol–water partition coefficient (Wildman–Crippen LogP) is 3.34. The number of ether oxygens (including phenoxy) is 1. The molecule has 2 N–H and O–H groups in total. The minimum absolute atomic E-state index is 0. The molecule has 0 aliphatic carbocycles. The Morgan fingerprint density at radius 2 is 2.13 bits per heavy atom. The predicted molar refractivity (Wildman–Crippen MR) is 70.4 cm³/mol. The molecule has 1 aromatic carbocycles. The second-order valence-electron chi connectivity index (χ2n) is 3.03. The lowest BCUT2D eigenvalue weighted by molar-refractivity contribution is 0.406. The number of hydrogen-bond donors (Lipinski definition) is 1. The molecule has 0 aliphatic heterocycles. The first-order chi connectivity index (χ1) is 6.61. The Kier molecular flexibility index (Phi) is 6.60. The number of halogens is 3. The molecule has 0 radical (unpaired) electrons. The molecule has 0 bridgehead atoms. The van der Waals surface area contributed by atoms with Gasteiger partial charge in [-0.3, -0.25) is 0 Å². The van der Waals surface area contributed by atoms with Crippen molar-refractivity contribution in [2.75, 3.05) is 13.7 Å². The monoisotopic (exact) mass is 313 g/mol. The van der Waals surface area contributed by atoms with E-state index in [0.717, 1.165) is 32.8 Å². The van der Waals surface area contributed by atoms with Gasteiger partial charge in [0.15, 0.2) is 0 Å². The molecular formula is C10H14BrCl2NO. The minimum atomic E-state index is 0. The first-order valence-corrected chi connectivity index (χ1v) is 5.50. The molecule has 0 aromatic heterocycles. The van der Waals surface area contributed by atoms with Gasteiger partial charge in [-0.15, -0.1) is 12.4 Å². The zero-order valence-corrected chi connectivity index (χ0v) is 11.8. The summed E-state index contributed by atoms with van der Waals surface area (Å²) in [6, 6.07) is 1.91. The first kappa shape index (κ1) is 15.0. The maximum Gasteiger partial charge on any atom is 0.136 e. The van der Waals surface area contributed by atoms with Gasteiger partial charge in [-0.25, -0.2) is 0 Å². The molecule has 0 heterocycles. The van der Waals surface area contributed by atoms with Crippen LogP contribution < -0.4 is 10.5 Å². The summed E-state index contributed by atoms with van der Waals surface area (Å²) in [5.74, 6) is 0.831. The Hall–Kier alpha value is 0.0400. The summed E-state index contributed by atoms with van der Waals surface area (Å²) >= 11 is 9.52. The molecular weight excluding hydrogens is 301 g/mol. The quantitative estimate of drug-likeness (QED) is 0.928. The van der Waals surface area contributed by atoms with Crippen molar-refractivity contribution in [2.24, 2.45) is 5.73 Å². The van der Waals surface area contributed by atoms with Crippen LogP contribution in [0.15, 0.2) is 10.5 Å². The van der Waals surface area contributed by atoms with Gasteiger partial charge < -0.3 is 10.5 Å². The van der Waals surface area contributed by atoms with E-state index in [1.54, 1.807) is 7.11 Å². The Labute approximate surface area is 110 Å². The average molecular weight is 315 g/mol. The van der Waals surface area contributed by atoms with Gasteiger partial charge in [0.25, 0.3) is 0 Å². The topological polar surface area (TPSA) is 35.2 Å². The largest absolute Gasteiger partial charge is 0.495 e. The van der Waals surface area contributed by atoms with Crippen molar-refractivity contribution in [2.45, 2.75) is 13.3 Å². The van der Waals surface area contributed by atoms with E-state index >= 15 is 0 Å². The molecule has 0 atom stereocenters. The number of rotatable bonds is 3. The maximum absolute atomic E-state index is 6.06. The van der Waals surface area contributed by atoms with Gasteiger partial charge in [0.1, 0.15) is 5.75 Å². The van der Waals surface area contributed by atoms with E-state index in [0.29, 0.717) is 6.54 Å². The second kappa shape index (κ2) is 6.59. The Morgan fingerprint density at radius 1 is 1.53 bits per heavy atom. The van der Waals surface area contributed by atoms with Gasteiger partial charge >= 0.3 is 0 Å². The summed E-state index contributed by atoms with van der Waals surface area (Å²) in [6.45, 7) is 2.53. The SMILES string of the molecule is COc1c(CCN)cc(Cl)c(C)c1Br.Cl. The summed E-state index contributed by atoms with van der Waals surface area (Å²) in [5.41, 5.74) is 7.54. The second-order valence-corrected chi connectivity index (χ2v) is 4.23. The van der Waals surface area contributed by atoms with Gasteiger partial charge in [-0.05, 0) is 53.0 Å². The van der Waals surface area contributed by atoms with Crippen molar-refractivity contribution >= 4 is 39.9 Å². The van der Waals surface area contributed by atoms with Crippen LogP contribution in [-0.2, 0) is 6.42 Å². The molecule has 15 heavy (non-hydrogen) atoms. The summed E-state index contributed by atoms with van der Waals surface area (Å²) in [6.07, 6.45) is 0.766. The van der Waals surface area contributed by atoms with E-state index in [1.807, 2.05) is 13.0 Å². The third kappa shape index (κ3) is 3.25. The van der Waals surface area contributed by atoms with Crippen LogP contribution in [-0.4, -0.2) is 13.7 Å². The van der Waals surface area contributed by atoms with Crippen molar-refractivity contribution in [3.8, 4) is 5.75 Å². The lowest BCUT2D eigenvalue weighted by Gasteiger charge is -2.13. The number of methoxy groups -OCH3 is 1. The molecule has 0 spiro atoms. The fourth-order valence-electron chi connectivity index (χ4n) is 1.30. The van der Waals surface area contributed by atoms with E-state index in [-0.39, 0.29) is 12.4 Å². The van der Waals surface area contributed by atoms with Crippen LogP contribution in [0.4, 0.5) is 0 Å². The van der Waals surface area contributed by atoms with Gasteiger partial charge in [0, 0.05) is 5.02 Å². The molecule has 0 amide bonds. The summed E-state index contributed by atoms with van der Waals surface area (Å²) in [5, 5.41) is 0.737. The molecule has 0 saturated carbocycles. The molecule has 2 nitrogen and oxygen atoms in total. The van der Waals surface area contributed by atoms with E-state index in [9.17, 15) is 0 Å². The van der Waals surface area contributed by atoms with Crippen molar-refractivity contribution in [3.63, 3.8) is 0 Å². The lowest BCUT2D eigenvalue weighted by Crippen LogP contribution is -2.05. The van der Waals surface area contributed by atoms with E-state index in [4.69, 9.17) is 22.1 Å². The zero-order valence-electron chi connectivity index (χ0n) is 8.64. The molecule has 0 saturated heterocycles. The van der Waals surface area contributed by atoms with Gasteiger partial charge in [-0.2, -0.15) is 0 Å². The average Bonchev–Trinajstić information content (AvgIpc) is 2.16. The summed E-state index contributed by atoms with van der Waals surface area (Å²) in [7, 11) is 1.65. The van der Waals surface area contributed by atoms with E-state index < -0.39 is 0 Å². The lowest BCUT2D eigenvalue weighted by atomic mass is 10.1. The van der Waals surface area contributed by atoms with Crippen molar-refractivity contribution in [1.82, 2.24) is 0 Å². The van der Waals surface area contributed by atoms with E-state index in [1.165, 1.54) is 0 Å². The van der Waals surface area contributed by atoms with Crippen LogP contribution in [0.2, 0.25) is 5.02 Å². The molecule has 1 aromatic rings. The first-order valence-electron chi connectivity index (χ1n) is 4.33. The third-order valence-corrected chi connectivity index (χ3v) is 3.44. The highest BCUT2D eigenvalue weighted by Gasteiger charge is 2.12. The van der Waals surface area contributed by atoms with Crippen molar-refractivity contribution in [1.29, 1.82) is 0 Å². The van der Waals surface area contributed by atoms with Gasteiger partial charge in [0.2, 0.25) is 0 Å². The zero-order chi connectivity index (χ0) is 10.7. The highest BCUT2D eigenvalue weighted by atomic mass is 79.9. The molecule has 0 unspecified atom stereocenters. The van der Waals surface area contributed by atoms with Crippen LogP contribution in [0, 0.1) is 6.92 Å². The van der Waals surface area contributed by atoms with Crippen LogP contribution in [0.25, 0.3) is 0 Å². The molecule has 1 rings (SSSR count). The fraction of sp³-hybridized carbons (Fsp3) is 0.400. The van der Waals surface area contributed by atoms with Crippen LogP contribution in [0.3, 0.4) is 0 Å². The Balaban J connectivity index is 0.00000196. The molecule has 5 heteroatoms. The van der Waals surface area contributed by atoms with Gasteiger partial charge in [-0.1, -0.05) is 11.6 Å². The molecule has 0 fully saturated rings. The van der Waals surface area contributed by atoms with Crippen molar-refractivity contribution in [3.05, 3.63) is 26.7 Å². The summed E-state index contributed by atoms with van der Waals surface area (Å²) in [4.78, 5) is 0. The maximum atomic E-state index is 6.06.